The van der Waals surface area contributed by atoms with E-state index in [4.69, 9.17) is 0 Å². The van der Waals surface area contributed by atoms with Gasteiger partial charge in [0.1, 0.15) is 0 Å². The largest absolute Gasteiger partial charge is 0.317 e. The van der Waals surface area contributed by atoms with Crippen molar-refractivity contribution in [2.45, 2.75) is 38.3 Å². The first-order chi connectivity index (χ1) is 8.58. The topological polar surface area (TPSA) is 30.5 Å². The van der Waals surface area contributed by atoms with Gasteiger partial charge >= 0.3 is 0 Å². The molecule has 0 bridgehead atoms. The Morgan fingerprint density at radius 2 is 1.72 bits per heavy atom. The second-order valence-electron chi connectivity index (χ2n) is 6.51. The van der Waals surface area contributed by atoms with Gasteiger partial charge in [-0.05, 0) is 46.8 Å². The van der Waals surface area contributed by atoms with Crippen molar-refractivity contribution < 1.29 is 0 Å². The van der Waals surface area contributed by atoms with E-state index in [2.05, 4.69) is 41.3 Å². The third-order valence-corrected chi connectivity index (χ3v) is 4.52. The molecule has 0 aromatic rings. The number of nitrogens with zero attached hydrogens (tertiary/aromatic N) is 2. The summed E-state index contributed by atoms with van der Waals surface area (Å²) in [5.41, 5.74) is 0.284. The number of rotatable bonds is 4. The Bertz CT molecular complexity index is 240. The fraction of sp³-hybridized carbons (Fsp3) is 1.00. The van der Waals surface area contributed by atoms with Crippen molar-refractivity contribution in [3.8, 4) is 0 Å². The Balaban J connectivity index is 1.75. The highest BCUT2D eigenvalue weighted by Gasteiger charge is 2.29. The summed E-state index contributed by atoms with van der Waals surface area (Å²) in [6.45, 7) is 13.0. The van der Waals surface area contributed by atoms with E-state index < -0.39 is 0 Å². The first-order valence-electron chi connectivity index (χ1n) is 7.46. The lowest BCUT2D eigenvalue weighted by Crippen LogP contribution is -2.58. The lowest BCUT2D eigenvalue weighted by Gasteiger charge is -2.44. The summed E-state index contributed by atoms with van der Waals surface area (Å²) in [7, 11) is 2.22. The lowest BCUT2D eigenvalue weighted by atomic mass is 9.99. The number of piperidine rings is 1. The second kappa shape index (κ2) is 6.33. The molecule has 18 heavy (non-hydrogen) atoms. The predicted octanol–water partition coefficient (Wildman–Crippen LogP) is 0.354. The molecule has 0 radical (unpaired) electrons. The van der Waals surface area contributed by atoms with Crippen LogP contribution in [0, 0.1) is 0 Å². The van der Waals surface area contributed by atoms with Crippen LogP contribution in [0.4, 0.5) is 0 Å². The van der Waals surface area contributed by atoms with Crippen molar-refractivity contribution in [2.24, 2.45) is 0 Å². The van der Waals surface area contributed by atoms with Crippen LogP contribution in [0.25, 0.3) is 0 Å². The molecule has 0 unspecified atom stereocenters. The Morgan fingerprint density at radius 1 is 1.11 bits per heavy atom. The van der Waals surface area contributed by atoms with E-state index in [0.717, 1.165) is 12.6 Å². The minimum absolute atomic E-state index is 0.284. The summed E-state index contributed by atoms with van der Waals surface area (Å²) < 4.78 is 0. The van der Waals surface area contributed by atoms with Gasteiger partial charge in [0.25, 0.3) is 0 Å². The summed E-state index contributed by atoms with van der Waals surface area (Å²) in [6, 6.07) is 0.720. The number of hydrogen-bond acceptors (Lipinski definition) is 4. The van der Waals surface area contributed by atoms with Crippen molar-refractivity contribution in [3.05, 3.63) is 0 Å². The molecule has 4 nitrogen and oxygen atoms in total. The smallest absolute Gasteiger partial charge is 0.0278 e. The average Bonchev–Trinajstić information content (AvgIpc) is 2.38. The molecule has 4 heteroatoms. The minimum atomic E-state index is 0.284. The van der Waals surface area contributed by atoms with Gasteiger partial charge in [0.15, 0.2) is 0 Å². The van der Waals surface area contributed by atoms with Gasteiger partial charge in [0.2, 0.25) is 0 Å². The third-order valence-electron chi connectivity index (χ3n) is 4.52. The molecule has 2 N–H and O–H groups in total. The molecule has 0 aromatic carbocycles. The van der Waals surface area contributed by atoms with E-state index >= 15 is 0 Å². The van der Waals surface area contributed by atoms with E-state index in [1.54, 1.807) is 0 Å². The Kier molecular flexibility index (Phi) is 5.01. The Morgan fingerprint density at radius 3 is 2.33 bits per heavy atom. The lowest BCUT2D eigenvalue weighted by molar-refractivity contribution is 0.0594. The van der Waals surface area contributed by atoms with Crippen LogP contribution in [0.2, 0.25) is 0 Å². The van der Waals surface area contributed by atoms with Crippen molar-refractivity contribution in [3.63, 3.8) is 0 Å². The van der Waals surface area contributed by atoms with E-state index in [9.17, 15) is 0 Å². The van der Waals surface area contributed by atoms with Crippen LogP contribution in [0.15, 0.2) is 0 Å². The molecule has 0 amide bonds. The number of nitrogens with one attached hydrogen (secondary N) is 2. The van der Waals surface area contributed by atoms with E-state index in [-0.39, 0.29) is 5.54 Å². The maximum atomic E-state index is 3.78. The molecule has 2 aliphatic heterocycles. The standard InChI is InChI=1S/C14H30N4/c1-14(2,18-10-8-17(3)9-11-18)12-16-13-4-6-15-7-5-13/h13,15-16H,4-12H2,1-3H3. The molecular formula is C14H30N4. The number of piperazine rings is 1. The zero-order valence-electron chi connectivity index (χ0n) is 12.3. The highest BCUT2D eigenvalue weighted by Crippen LogP contribution is 2.16. The fourth-order valence-corrected chi connectivity index (χ4v) is 2.94. The van der Waals surface area contributed by atoms with E-state index in [1.165, 1.54) is 52.1 Å². The number of hydrogen-bond donors (Lipinski definition) is 2. The van der Waals surface area contributed by atoms with Gasteiger partial charge in [0, 0.05) is 44.3 Å². The van der Waals surface area contributed by atoms with Crippen molar-refractivity contribution in [2.75, 3.05) is 52.9 Å². The zero-order valence-corrected chi connectivity index (χ0v) is 12.3. The highest BCUT2D eigenvalue weighted by atomic mass is 15.3. The molecule has 0 atom stereocenters. The van der Waals surface area contributed by atoms with Crippen LogP contribution in [-0.4, -0.2) is 74.2 Å². The molecule has 0 spiro atoms. The average molecular weight is 254 g/mol. The maximum Gasteiger partial charge on any atom is 0.0278 e. The van der Waals surface area contributed by atoms with Crippen LogP contribution in [0.1, 0.15) is 26.7 Å². The van der Waals surface area contributed by atoms with Crippen LogP contribution in [-0.2, 0) is 0 Å². The Labute approximate surface area is 112 Å². The van der Waals surface area contributed by atoms with Gasteiger partial charge in [-0.3, -0.25) is 4.90 Å². The molecule has 2 fully saturated rings. The highest BCUT2D eigenvalue weighted by molar-refractivity contribution is 4.88. The predicted molar refractivity (Wildman–Crippen MR) is 77.0 cm³/mol. The molecule has 2 saturated heterocycles. The van der Waals surface area contributed by atoms with Crippen LogP contribution in [0.5, 0.6) is 0 Å². The quantitative estimate of drug-likeness (QED) is 0.758. The van der Waals surface area contributed by atoms with Crippen molar-refractivity contribution in [1.29, 1.82) is 0 Å². The summed E-state index contributed by atoms with van der Waals surface area (Å²) >= 11 is 0. The van der Waals surface area contributed by atoms with Gasteiger partial charge in [0.05, 0.1) is 0 Å². The SMILES string of the molecule is CN1CCN(C(C)(C)CNC2CCNCC2)CC1. The summed E-state index contributed by atoms with van der Waals surface area (Å²) in [5.74, 6) is 0. The fourth-order valence-electron chi connectivity index (χ4n) is 2.94. The van der Waals surface area contributed by atoms with Gasteiger partial charge in [-0.2, -0.15) is 0 Å². The molecular weight excluding hydrogens is 224 g/mol. The third kappa shape index (κ3) is 3.92. The minimum Gasteiger partial charge on any atom is -0.317 e. The molecule has 0 saturated carbocycles. The molecule has 106 valence electrons. The molecule has 2 rings (SSSR count). The monoisotopic (exact) mass is 254 g/mol. The van der Waals surface area contributed by atoms with Gasteiger partial charge in [-0.25, -0.2) is 0 Å². The summed E-state index contributed by atoms with van der Waals surface area (Å²) in [5, 5.41) is 7.20. The van der Waals surface area contributed by atoms with E-state index in [1.807, 2.05) is 0 Å². The molecule has 2 heterocycles. The van der Waals surface area contributed by atoms with Crippen molar-refractivity contribution >= 4 is 0 Å². The molecule has 0 aromatic heterocycles. The second-order valence-corrected chi connectivity index (χ2v) is 6.51. The number of likely N-dealkylation sites (N-methyl/N-ethyl adjacent to an activating group) is 1. The van der Waals surface area contributed by atoms with Crippen molar-refractivity contribution in [1.82, 2.24) is 20.4 Å². The van der Waals surface area contributed by atoms with Crippen LogP contribution >= 0.6 is 0 Å². The van der Waals surface area contributed by atoms with Crippen LogP contribution < -0.4 is 10.6 Å². The molecule has 0 aliphatic carbocycles. The van der Waals surface area contributed by atoms with Gasteiger partial charge in [-0.1, -0.05) is 0 Å². The zero-order chi connectivity index (χ0) is 13.0. The first-order valence-corrected chi connectivity index (χ1v) is 7.46. The summed E-state index contributed by atoms with van der Waals surface area (Å²) in [6.07, 6.45) is 2.55. The van der Waals surface area contributed by atoms with Gasteiger partial charge < -0.3 is 15.5 Å². The molecule has 2 aliphatic rings. The normalized spacial score (nSPS) is 25.5. The maximum absolute atomic E-state index is 3.78. The first kappa shape index (κ1) is 14.3. The van der Waals surface area contributed by atoms with Gasteiger partial charge in [-0.15, -0.1) is 0 Å². The Hall–Kier alpha value is -0.160. The summed E-state index contributed by atoms with van der Waals surface area (Å²) in [4.78, 5) is 5.06. The van der Waals surface area contributed by atoms with E-state index in [0.29, 0.717) is 0 Å². The van der Waals surface area contributed by atoms with Crippen LogP contribution in [0.3, 0.4) is 0 Å².